The summed E-state index contributed by atoms with van der Waals surface area (Å²) in [5.41, 5.74) is 7.08. The van der Waals surface area contributed by atoms with Crippen LogP contribution in [0.5, 0.6) is 5.75 Å². The van der Waals surface area contributed by atoms with Gasteiger partial charge in [0.2, 0.25) is 5.24 Å². The highest BCUT2D eigenvalue weighted by molar-refractivity contribution is 7.91. The lowest BCUT2D eigenvalue weighted by Crippen LogP contribution is -2.19. The van der Waals surface area contributed by atoms with Gasteiger partial charge in [-0.15, -0.1) is 0 Å². The maximum absolute atomic E-state index is 12.9. The second-order valence-corrected chi connectivity index (χ2v) is 6.76. The molecule has 19 heavy (non-hydrogen) atoms. The molecule has 2 N–H and O–H groups in total. The normalized spacial score (nSPS) is 13.1. The number of nitrogens with two attached hydrogens (primary N) is 1. The summed E-state index contributed by atoms with van der Waals surface area (Å²) in [5, 5.41) is -2.30. The first-order chi connectivity index (χ1) is 8.58. The van der Waals surface area contributed by atoms with Gasteiger partial charge in [0, 0.05) is 0 Å². The Kier molecular flexibility index (Phi) is 4.53. The van der Waals surface area contributed by atoms with Crippen LogP contribution in [0.1, 0.15) is 28.4 Å². The van der Waals surface area contributed by atoms with E-state index in [0.29, 0.717) is 5.56 Å². The maximum atomic E-state index is 12.9. The summed E-state index contributed by atoms with van der Waals surface area (Å²) in [7, 11) is -3.02. The molecule has 0 heterocycles. The molecule has 5 nitrogen and oxygen atoms in total. The fraction of sp³-hybridized carbons (Fsp3) is 0.364. The van der Waals surface area contributed by atoms with Crippen LogP contribution >= 0.6 is 9.24 Å². The summed E-state index contributed by atoms with van der Waals surface area (Å²) in [5.74, 6) is -0.736. The molecular weight excluding hydrogens is 292 g/mol. The number of hydrogen-bond acceptors (Lipinski definition) is 5. The highest BCUT2D eigenvalue weighted by Crippen LogP contribution is 2.34. The summed E-state index contributed by atoms with van der Waals surface area (Å²) in [6.07, 6.45) is 0. The van der Waals surface area contributed by atoms with E-state index < -0.39 is 21.1 Å². The summed E-state index contributed by atoms with van der Waals surface area (Å²) >= 11 is 0. The third-order valence-corrected chi connectivity index (χ3v) is 4.65. The van der Waals surface area contributed by atoms with Crippen molar-refractivity contribution in [2.75, 3.05) is 5.73 Å². The lowest BCUT2D eigenvalue weighted by Gasteiger charge is -2.16. The van der Waals surface area contributed by atoms with Gasteiger partial charge in [-0.3, -0.25) is 4.79 Å². The van der Waals surface area contributed by atoms with Crippen molar-refractivity contribution in [2.45, 2.75) is 26.0 Å². The summed E-state index contributed by atoms with van der Waals surface area (Å²) in [6.45, 7) is 4.63. The van der Waals surface area contributed by atoms with E-state index in [0.717, 1.165) is 5.56 Å². The van der Waals surface area contributed by atoms with Gasteiger partial charge in [0.05, 0.1) is 11.3 Å². The Bertz CT molecular complexity index is 628. The second kappa shape index (κ2) is 5.43. The van der Waals surface area contributed by atoms with Gasteiger partial charge in [-0.25, -0.2) is 4.39 Å². The smallest absolute Gasteiger partial charge is 0.345 e. The monoisotopic (exact) mass is 307 g/mol. The van der Waals surface area contributed by atoms with E-state index in [4.69, 9.17) is 5.73 Å². The number of carbonyl (C=O) groups is 1. The molecule has 0 aliphatic carbocycles. The van der Waals surface area contributed by atoms with Crippen LogP contribution in [0.2, 0.25) is 0 Å². The number of hydrogen-bond donors (Lipinski definition) is 1. The highest BCUT2D eigenvalue weighted by atomic mass is 32.2. The Morgan fingerprint density at radius 3 is 2.42 bits per heavy atom. The molecule has 0 fully saturated rings. The van der Waals surface area contributed by atoms with Gasteiger partial charge < -0.3 is 9.92 Å². The van der Waals surface area contributed by atoms with E-state index in [1.165, 1.54) is 22.2 Å². The number of Topliss-reactive ketones (excluding diaryl/α,β-unsaturated/α-hetero) is 1. The van der Waals surface area contributed by atoms with Gasteiger partial charge in [-0.05, 0) is 38.0 Å². The van der Waals surface area contributed by atoms with Crippen molar-refractivity contribution in [1.82, 2.24) is 0 Å². The van der Waals surface area contributed by atoms with E-state index in [1.807, 2.05) is 0 Å². The first kappa shape index (κ1) is 15.9. The van der Waals surface area contributed by atoms with Crippen LogP contribution in [0, 0.1) is 13.8 Å². The van der Waals surface area contributed by atoms with E-state index >= 15 is 0 Å². The average Bonchev–Trinajstić information content (AvgIpc) is 2.29. The van der Waals surface area contributed by atoms with Crippen molar-refractivity contribution in [3.63, 3.8) is 0 Å². The molecule has 8 heteroatoms. The summed E-state index contributed by atoms with van der Waals surface area (Å²) in [6, 6.07) is 1.47. The Morgan fingerprint density at radius 2 is 2.00 bits per heavy atom. The lowest BCUT2D eigenvalue weighted by molar-refractivity contribution is 0.101. The second-order valence-electron chi connectivity index (χ2n) is 4.09. The molecule has 0 saturated carbocycles. The minimum atomic E-state index is -4.50. The number of benzene rings is 1. The molecule has 2 atom stereocenters. The zero-order valence-corrected chi connectivity index (χ0v) is 12.7. The van der Waals surface area contributed by atoms with Gasteiger partial charge >= 0.3 is 10.1 Å². The summed E-state index contributed by atoms with van der Waals surface area (Å²) in [4.78, 5) is 11.5. The van der Waals surface area contributed by atoms with Crippen molar-refractivity contribution in [1.29, 1.82) is 0 Å². The maximum Gasteiger partial charge on any atom is 0.345 e. The highest BCUT2D eigenvalue weighted by Gasteiger charge is 2.27. The molecule has 0 radical (unpaired) electrons. The number of nitrogen functional groups attached to an aromatic ring is 1. The van der Waals surface area contributed by atoms with E-state index in [9.17, 15) is 17.6 Å². The largest absolute Gasteiger partial charge is 0.395 e. The SMILES string of the molecule is CC(=O)c1cc(C)c(C)c(N)c1OS(=O)(=O)C(F)P. The van der Waals surface area contributed by atoms with Crippen LogP contribution in [-0.4, -0.2) is 19.4 Å². The van der Waals surface area contributed by atoms with Crippen LogP contribution in [0.25, 0.3) is 0 Å². The predicted octanol–water partition coefficient (Wildman–Crippen LogP) is 1.93. The molecule has 1 aromatic carbocycles. The fourth-order valence-corrected chi connectivity index (χ4v) is 2.10. The molecule has 0 bridgehead atoms. The third-order valence-electron chi connectivity index (χ3n) is 2.70. The molecule has 2 unspecified atom stereocenters. The van der Waals surface area contributed by atoms with Crippen molar-refractivity contribution in [3.05, 3.63) is 22.8 Å². The van der Waals surface area contributed by atoms with Gasteiger partial charge in [-0.1, -0.05) is 9.24 Å². The fourth-order valence-electron chi connectivity index (χ4n) is 1.43. The Balaban J connectivity index is 3.50. The van der Waals surface area contributed by atoms with Crippen LogP contribution in [-0.2, 0) is 10.1 Å². The minimum absolute atomic E-state index is 0.00910. The van der Waals surface area contributed by atoms with Gasteiger partial charge in [0.25, 0.3) is 0 Å². The number of carbonyl (C=O) groups excluding carboxylic acids is 1. The zero-order valence-electron chi connectivity index (χ0n) is 10.7. The topological polar surface area (TPSA) is 86.5 Å². The van der Waals surface area contributed by atoms with E-state index in [1.54, 1.807) is 13.8 Å². The number of rotatable bonds is 4. The Morgan fingerprint density at radius 1 is 1.47 bits per heavy atom. The molecule has 0 aromatic heterocycles. The molecule has 0 spiro atoms. The van der Waals surface area contributed by atoms with Crippen LogP contribution < -0.4 is 9.92 Å². The van der Waals surface area contributed by atoms with Crippen LogP contribution in [0.4, 0.5) is 10.1 Å². The van der Waals surface area contributed by atoms with Crippen molar-refractivity contribution in [3.8, 4) is 5.75 Å². The lowest BCUT2D eigenvalue weighted by atomic mass is 10.0. The molecule has 0 saturated heterocycles. The van der Waals surface area contributed by atoms with Gasteiger partial charge in [0.1, 0.15) is 0 Å². The molecular formula is C11H15FNO4PS. The predicted molar refractivity (Wildman–Crippen MR) is 74.5 cm³/mol. The Labute approximate surface area is 113 Å². The van der Waals surface area contributed by atoms with Gasteiger partial charge in [-0.2, -0.15) is 8.42 Å². The van der Waals surface area contributed by atoms with E-state index in [2.05, 4.69) is 4.18 Å². The van der Waals surface area contributed by atoms with Crippen LogP contribution in [0.3, 0.4) is 0 Å². The van der Waals surface area contributed by atoms with E-state index in [-0.39, 0.29) is 17.0 Å². The first-order valence-corrected chi connectivity index (χ1v) is 7.45. The number of ketones is 1. The first-order valence-electron chi connectivity index (χ1n) is 5.31. The molecule has 1 rings (SSSR count). The van der Waals surface area contributed by atoms with Crippen molar-refractivity contribution >= 4 is 30.8 Å². The number of alkyl halides is 1. The van der Waals surface area contributed by atoms with Gasteiger partial charge in [0.15, 0.2) is 11.5 Å². The zero-order chi connectivity index (χ0) is 15.0. The quantitative estimate of drug-likeness (QED) is 0.397. The number of halogens is 1. The molecule has 1 aromatic rings. The molecule has 0 aliphatic rings. The Hall–Kier alpha value is -1.20. The molecule has 106 valence electrons. The van der Waals surface area contributed by atoms with Crippen LogP contribution in [0.15, 0.2) is 6.07 Å². The third kappa shape index (κ3) is 3.22. The van der Waals surface area contributed by atoms with Crippen molar-refractivity contribution < 1.29 is 21.8 Å². The average molecular weight is 307 g/mol. The minimum Gasteiger partial charge on any atom is -0.395 e. The number of aryl methyl sites for hydroxylation is 1. The summed E-state index contributed by atoms with van der Waals surface area (Å²) < 4.78 is 40.5. The standard InChI is InChI=1S/C11H15FNO4PS/c1-5-4-8(7(3)14)10(9(13)6(5)2)17-19(15,16)11(12)18/h4,11H,13,18H2,1-3H3. The van der Waals surface area contributed by atoms with Crippen molar-refractivity contribution in [2.24, 2.45) is 0 Å². The molecule has 0 aliphatic heterocycles. The number of anilines is 1. The molecule has 0 amide bonds.